The number of nitrogens with zero attached hydrogens (tertiary/aromatic N) is 1. The summed E-state index contributed by atoms with van der Waals surface area (Å²) < 4.78 is 4.81. The highest BCUT2D eigenvalue weighted by atomic mass is 35.5. The minimum atomic E-state index is -0.446. The van der Waals surface area contributed by atoms with Gasteiger partial charge in [-0.25, -0.2) is 0 Å². The first kappa shape index (κ1) is 16.4. The molecular weight excluding hydrogens is 256 g/mol. The minimum Gasteiger partial charge on any atom is -0.465 e. The maximum atomic E-state index is 11.6. The molecule has 0 aromatic heterocycles. The van der Waals surface area contributed by atoms with Gasteiger partial charge in [0.25, 0.3) is 0 Å². The summed E-state index contributed by atoms with van der Waals surface area (Å²) >= 11 is 0. The molecule has 0 aliphatic rings. The summed E-state index contributed by atoms with van der Waals surface area (Å²) in [6.07, 6.45) is 0. The van der Waals surface area contributed by atoms with Gasteiger partial charge in [0.2, 0.25) is 5.91 Å². The molecule has 1 amide bonds. The van der Waals surface area contributed by atoms with Gasteiger partial charge >= 0.3 is 5.97 Å². The molecule has 0 saturated heterocycles. The molecule has 0 heterocycles. The first-order valence-corrected chi connectivity index (χ1v) is 5.40. The van der Waals surface area contributed by atoms with Gasteiger partial charge in [0.05, 0.1) is 13.2 Å². The molecule has 2 N–H and O–H groups in total. The van der Waals surface area contributed by atoms with Crippen molar-refractivity contribution in [2.45, 2.75) is 6.92 Å². The zero-order valence-electron chi connectivity index (χ0n) is 10.2. The molecule has 0 fully saturated rings. The van der Waals surface area contributed by atoms with Gasteiger partial charge in [-0.15, -0.1) is 12.4 Å². The molecular formula is C12H17ClN2O3. The van der Waals surface area contributed by atoms with Crippen LogP contribution in [0.3, 0.4) is 0 Å². The predicted octanol–water partition coefficient (Wildman–Crippen LogP) is 0.963. The first-order valence-electron chi connectivity index (χ1n) is 5.40. The third-order valence-corrected chi connectivity index (χ3v) is 2.14. The van der Waals surface area contributed by atoms with E-state index in [-0.39, 0.29) is 38.0 Å². The van der Waals surface area contributed by atoms with Gasteiger partial charge in [0.1, 0.15) is 6.54 Å². The number of amides is 1. The van der Waals surface area contributed by atoms with E-state index in [4.69, 9.17) is 10.5 Å². The number of para-hydroxylation sites is 1. The van der Waals surface area contributed by atoms with Crippen molar-refractivity contribution < 1.29 is 14.3 Å². The standard InChI is InChI=1S/C12H16N2O3.ClH/c1-2-17-12(16)9-14(11(15)8-13)10-6-4-3-5-7-10;/h3-7H,2,8-9,13H2,1H3;1H. The van der Waals surface area contributed by atoms with Crippen molar-refractivity contribution in [3.8, 4) is 0 Å². The lowest BCUT2D eigenvalue weighted by Gasteiger charge is -2.20. The van der Waals surface area contributed by atoms with Gasteiger partial charge in [-0.2, -0.15) is 0 Å². The fourth-order valence-electron chi connectivity index (χ4n) is 1.38. The average Bonchev–Trinajstić information content (AvgIpc) is 2.36. The number of nitrogens with two attached hydrogens (primary N) is 1. The van der Waals surface area contributed by atoms with E-state index in [0.717, 1.165) is 0 Å². The van der Waals surface area contributed by atoms with Crippen molar-refractivity contribution in [1.29, 1.82) is 0 Å². The van der Waals surface area contributed by atoms with Crippen LogP contribution in [-0.2, 0) is 14.3 Å². The summed E-state index contributed by atoms with van der Waals surface area (Å²) in [7, 11) is 0. The summed E-state index contributed by atoms with van der Waals surface area (Å²) in [5.41, 5.74) is 5.95. The molecule has 0 aliphatic heterocycles. The van der Waals surface area contributed by atoms with Crippen molar-refractivity contribution in [3.63, 3.8) is 0 Å². The molecule has 5 nitrogen and oxygen atoms in total. The topological polar surface area (TPSA) is 72.6 Å². The van der Waals surface area contributed by atoms with E-state index < -0.39 is 5.97 Å². The number of esters is 1. The SMILES string of the molecule is CCOC(=O)CN(C(=O)CN)c1ccccc1.Cl. The number of ether oxygens (including phenoxy) is 1. The number of halogens is 1. The lowest BCUT2D eigenvalue weighted by Crippen LogP contribution is -2.40. The Morgan fingerprint density at radius 3 is 2.39 bits per heavy atom. The van der Waals surface area contributed by atoms with Crippen molar-refractivity contribution in [3.05, 3.63) is 30.3 Å². The number of hydrogen-bond acceptors (Lipinski definition) is 4. The Kier molecular flexibility index (Phi) is 7.74. The molecule has 0 unspecified atom stereocenters. The number of carbonyl (C=O) groups excluding carboxylic acids is 2. The van der Waals surface area contributed by atoms with Crippen molar-refractivity contribution in [2.24, 2.45) is 5.73 Å². The molecule has 1 rings (SSSR count). The third kappa shape index (κ3) is 4.73. The highest BCUT2D eigenvalue weighted by molar-refractivity contribution is 5.98. The van der Waals surface area contributed by atoms with E-state index in [9.17, 15) is 9.59 Å². The van der Waals surface area contributed by atoms with Crippen molar-refractivity contribution in [2.75, 3.05) is 24.6 Å². The van der Waals surface area contributed by atoms with Crippen LogP contribution in [0, 0.1) is 0 Å². The van der Waals surface area contributed by atoms with Gasteiger partial charge in [-0.05, 0) is 19.1 Å². The average molecular weight is 273 g/mol. The molecule has 1 aromatic carbocycles. The second-order valence-corrected chi connectivity index (χ2v) is 3.32. The number of benzene rings is 1. The molecule has 0 radical (unpaired) electrons. The lowest BCUT2D eigenvalue weighted by atomic mass is 10.3. The van der Waals surface area contributed by atoms with E-state index in [0.29, 0.717) is 5.69 Å². The predicted molar refractivity (Wildman–Crippen MR) is 71.7 cm³/mol. The second-order valence-electron chi connectivity index (χ2n) is 3.32. The Labute approximate surface area is 112 Å². The lowest BCUT2D eigenvalue weighted by molar-refractivity contribution is -0.142. The molecule has 6 heteroatoms. The molecule has 0 aliphatic carbocycles. The molecule has 18 heavy (non-hydrogen) atoms. The van der Waals surface area contributed by atoms with Gasteiger partial charge in [0, 0.05) is 5.69 Å². The Hall–Kier alpha value is -1.59. The molecule has 1 aromatic rings. The van der Waals surface area contributed by atoms with Crippen LogP contribution in [0.4, 0.5) is 5.69 Å². The summed E-state index contributed by atoms with van der Waals surface area (Å²) in [6, 6.07) is 8.90. The van der Waals surface area contributed by atoms with E-state index >= 15 is 0 Å². The van der Waals surface area contributed by atoms with Gasteiger partial charge in [-0.1, -0.05) is 18.2 Å². The van der Waals surface area contributed by atoms with E-state index in [1.54, 1.807) is 31.2 Å². The second kappa shape index (κ2) is 8.49. The monoisotopic (exact) mass is 272 g/mol. The zero-order valence-corrected chi connectivity index (χ0v) is 11.0. The van der Waals surface area contributed by atoms with Crippen LogP contribution in [0.15, 0.2) is 30.3 Å². The first-order chi connectivity index (χ1) is 8.19. The molecule has 0 atom stereocenters. The van der Waals surface area contributed by atoms with Crippen molar-refractivity contribution in [1.82, 2.24) is 0 Å². The highest BCUT2D eigenvalue weighted by Gasteiger charge is 2.18. The van der Waals surface area contributed by atoms with Crippen LogP contribution in [-0.4, -0.2) is 31.6 Å². The van der Waals surface area contributed by atoms with Crippen LogP contribution >= 0.6 is 12.4 Å². The maximum absolute atomic E-state index is 11.6. The Morgan fingerprint density at radius 2 is 1.89 bits per heavy atom. The minimum absolute atomic E-state index is 0. The maximum Gasteiger partial charge on any atom is 0.326 e. The number of hydrogen-bond donors (Lipinski definition) is 1. The zero-order chi connectivity index (χ0) is 12.7. The number of carbonyl (C=O) groups is 2. The fourth-order valence-corrected chi connectivity index (χ4v) is 1.38. The van der Waals surface area contributed by atoms with Gasteiger partial charge < -0.3 is 15.4 Å². The largest absolute Gasteiger partial charge is 0.465 e. The molecule has 0 spiro atoms. The quantitative estimate of drug-likeness (QED) is 0.811. The summed E-state index contributed by atoms with van der Waals surface area (Å²) in [5.74, 6) is -0.762. The highest BCUT2D eigenvalue weighted by Crippen LogP contribution is 2.13. The molecule has 0 saturated carbocycles. The molecule has 0 bridgehead atoms. The smallest absolute Gasteiger partial charge is 0.326 e. The molecule has 100 valence electrons. The van der Waals surface area contributed by atoms with Crippen LogP contribution in [0.2, 0.25) is 0 Å². The van der Waals surface area contributed by atoms with Gasteiger partial charge in [0.15, 0.2) is 0 Å². The normalized spacial score (nSPS) is 9.22. The van der Waals surface area contributed by atoms with Crippen LogP contribution in [0.5, 0.6) is 0 Å². The third-order valence-electron chi connectivity index (χ3n) is 2.14. The summed E-state index contributed by atoms with van der Waals surface area (Å²) in [6.45, 7) is 1.75. The van der Waals surface area contributed by atoms with Crippen molar-refractivity contribution >= 4 is 30.0 Å². The Bertz CT molecular complexity index is 384. The van der Waals surface area contributed by atoms with E-state index in [1.165, 1.54) is 4.90 Å². The summed E-state index contributed by atoms with van der Waals surface area (Å²) in [4.78, 5) is 24.4. The van der Waals surface area contributed by atoms with Crippen LogP contribution in [0.25, 0.3) is 0 Å². The van der Waals surface area contributed by atoms with E-state index in [1.807, 2.05) is 6.07 Å². The van der Waals surface area contributed by atoms with Crippen LogP contribution < -0.4 is 10.6 Å². The van der Waals surface area contributed by atoms with E-state index in [2.05, 4.69) is 0 Å². The number of anilines is 1. The van der Waals surface area contributed by atoms with Crippen LogP contribution in [0.1, 0.15) is 6.92 Å². The van der Waals surface area contributed by atoms with Gasteiger partial charge in [-0.3, -0.25) is 9.59 Å². The Morgan fingerprint density at radius 1 is 1.28 bits per heavy atom. The Balaban J connectivity index is 0.00000289. The summed E-state index contributed by atoms with van der Waals surface area (Å²) in [5, 5.41) is 0. The fraction of sp³-hybridized carbons (Fsp3) is 0.333. The number of rotatable bonds is 5.